The first-order valence-electron chi connectivity index (χ1n) is 12.9. The number of aromatic nitrogens is 4. The van der Waals surface area contributed by atoms with Crippen molar-refractivity contribution in [2.45, 2.75) is 52.0 Å². The fourth-order valence-electron chi connectivity index (χ4n) is 4.63. The molecule has 0 spiro atoms. The summed E-state index contributed by atoms with van der Waals surface area (Å²) in [4.78, 5) is 35.9. The third kappa shape index (κ3) is 5.51. The second-order valence-corrected chi connectivity index (χ2v) is 10.8. The zero-order chi connectivity index (χ0) is 26.9. The Hall–Kier alpha value is -4.27. The summed E-state index contributed by atoms with van der Waals surface area (Å²) in [6.07, 6.45) is 5.27. The number of amides is 1. The van der Waals surface area contributed by atoms with Gasteiger partial charge in [0, 0.05) is 48.3 Å². The Labute approximate surface area is 222 Å². The molecular formula is C29H33N7O2. The normalized spacial score (nSPS) is 15.9. The fourth-order valence-corrected chi connectivity index (χ4v) is 4.63. The minimum absolute atomic E-state index is 0.0174. The number of nitrogens with one attached hydrogen (secondary N) is 2. The minimum Gasteiger partial charge on any atom is -0.348 e. The summed E-state index contributed by atoms with van der Waals surface area (Å²) < 4.78 is 1.70. The van der Waals surface area contributed by atoms with Gasteiger partial charge in [-0.15, -0.1) is 5.10 Å². The fraction of sp³-hybridized carbons (Fsp3) is 0.345. The van der Waals surface area contributed by atoms with Crippen molar-refractivity contribution in [1.29, 1.82) is 0 Å². The van der Waals surface area contributed by atoms with Crippen LogP contribution in [0.2, 0.25) is 0 Å². The van der Waals surface area contributed by atoms with Crippen molar-refractivity contribution in [1.82, 2.24) is 24.9 Å². The number of hydrogen-bond donors (Lipinski definition) is 2. The molecule has 2 aromatic heterocycles. The number of fused-ring (bicyclic) bond motifs is 1. The standard InChI is InChI=1S/C29H33N7O2/c1-19(37)20-9-13-23(14-10-20)31-25-26-30-15-17-36(26)34-28(33-25)35-16-5-6-24(18-35)32-27(38)21-7-11-22(12-8-21)29(2,3)4/h7-15,17,24H,5-6,16,18H2,1-4H3,(H,32,38)(H,31,33,34)/t24-/m1/s1. The van der Waals surface area contributed by atoms with Gasteiger partial charge in [0.25, 0.3) is 5.91 Å². The van der Waals surface area contributed by atoms with E-state index in [1.807, 2.05) is 36.4 Å². The Morgan fingerprint density at radius 3 is 2.39 bits per heavy atom. The third-order valence-electron chi connectivity index (χ3n) is 6.85. The molecule has 1 fully saturated rings. The zero-order valence-corrected chi connectivity index (χ0v) is 22.2. The average Bonchev–Trinajstić information content (AvgIpc) is 3.38. The molecule has 1 aliphatic rings. The Balaban J connectivity index is 1.31. The molecule has 2 N–H and O–H groups in total. The third-order valence-corrected chi connectivity index (χ3v) is 6.85. The molecule has 0 aliphatic carbocycles. The summed E-state index contributed by atoms with van der Waals surface area (Å²) in [7, 11) is 0. The Morgan fingerprint density at radius 2 is 1.71 bits per heavy atom. The van der Waals surface area contributed by atoms with Crippen LogP contribution in [0.25, 0.3) is 5.65 Å². The van der Waals surface area contributed by atoms with Crippen molar-refractivity contribution < 1.29 is 9.59 Å². The molecule has 1 saturated heterocycles. The molecule has 0 radical (unpaired) electrons. The second kappa shape index (κ2) is 10.2. The quantitative estimate of drug-likeness (QED) is 0.360. The van der Waals surface area contributed by atoms with Gasteiger partial charge in [0.2, 0.25) is 5.95 Å². The van der Waals surface area contributed by atoms with Crippen molar-refractivity contribution in [3.8, 4) is 0 Å². The number of piperidine rings is 1. The van der Waals surface area contributed by atoms with Crippen LogP contribution in [0.5, 0.6) is 0 Å². The molecular weight excluding hydrogens is 478 g/mol. The number of carbonyl (C=O) groups excluding carboxylic acids is 2. The summed E-state index contributed by atoms with van der Waals surface area (Å²) in [5.41, 5.74) is 3.95. The Morgan fingerprint density at radius 1 is 1.00 bits per heavy atom. The van der Waals surface area contributed by atoms with E-state index < -0.39 is 0 Å². The van der Waals surface area contributed by atoms with Gasteiger partial charge in [0.15, 0.2) is 17.2 Å². The minimum atomic E-state index is -0.0698. The van der Waals surface area contributed by atoms with Gasteiger partial charge in [-0.1, -0.05) is 32.9 Å². The number of imidazole rings is 1. The second-order valence-electron chi connectivity index (χ2n) is 10.8. The summed E-state index contributed by atoms with van der Waals surface area (Å²) in [6.45, 7) is 9.43. The molecule has 5 rings (SSSR count). The molecule has 0 saturated carbocycles. The van der Waals surface area contributed by atoms with Crippen molar-refractivity contribution in [2.75, 3.05) is 23.3 Å². The molecule has 9 nitrogen and oxygen atoms in total. The van der Waals surface area contributed by atoms with Gasteiger partial charge < -0.3 is 15.5 Å². The molecule has 1 amide bonds. The lowest BCUT2D eigenvalue weighted by Crippen LogP contribution is -2.48. The Bertz CT molecular complexity index is 1450. The van der Waals surface area contributed by atoms with Crippen LogP contribution < -0.4 is 15.5 Å². The lowest BCUT2D eigenvalue weighted by Gasteiger charge is -2.33. The highest BCUT2D eigenvalue weighted by Crippen LogP contribution is 2.25. The van der Waals surface area contributed by atoms with E-state index in [0.717, 1.165) is 25.1 Å². The lowest BCUT2D eigenvalue weighted by atomic mass is 9.86. The average molecular weight is 512 g/mol. The number of anilines is 3. The van der Waals surface area contributed by atoms with Crippen molar-refractivity contribution in [3.05, 3.63) is 77.6 Å². The maximum atomic E-state index is 13.0. The predicted octanol–water partition coefficient (Wildman–Crippen LogP) is 4.77. The number of ketones is 1. The topological polar surface area (TPSA) is 105 Å². The van der Waals surface area contributed by atoms with Gasteiger partial charge in [0.1, 0.15) is 0 Å². The van der Waals surface area contributed by atoms with Crippen LogP contribution in [0.3, 0.4) is 0 Å². The summed E-state index contributed by atoms with van der Waals surface area (Å²) in [5.74, 6) is 1.08. The molecule has 2 aromatic carbocycles. The number of benzene rings is 2. The van der Waals surface area contributed by atoms with E-state index in [4.69, 9.17) is 4.98 Å². The van der Waals surface area contributed by atoms with Crippen molar-refractivity contribution in [3.63, 3.8) is 0 Å². The van der Waals surface area contributed by atoms with E-state index in [1.165, 1.54) is 5.56 Å². The van der Waals surface area contributed by atoms with Gasteiger partial charge in [0.05, 0.1) is 0 Å². The van der Waals surface area contributed by atoms with Crippen LogP contribution in [-0.4, -0.2) is 50.4 Å². The number of Topliss-reactive ketones (excluding diaryl/α,β-unsaturated/α-hetero) is 1. The number of carbonyl (C=O) groups is 2. The molecule has 3 heterocycles. The molecule has 1 aliphatic heterocycles. The molecule has 9 heteroatoms. The summed E-state index contributed by atoms with van der Waals surface area (Å²) in [6, 6.07) is 15.1. The van der Waals surface area contributed by atoms with Crippen LogP contribution in [0.4, 0.5) is 17.5 Å². The van der Waals surface area contributed by atoms with Gasteiger partial charge in [-0.25, -0.2) is 9.50 Å². The maximum absolute atomic E-state index is 13.0. The molecule has 0 unspecified atom stereocenters. The van der Waals surface area contributed by atoms with Gasteiger partial charge in [-0.2, -0.15) is 4.98 Å². The van der Waals surface area contributed by atoms with Crippen LogP contribution in [0.15, 0.2) is 60.9 Å². The van der Waals surface area contributed by atoms with E-state index in [2.05, 4.69) is 46.4 Å². The zero-order valence-electron chi connectivity index (χ0n) is 22.2. The van der Waals surface area contributed by atoms with Crippen molar-refractivity contribution >= 4 is 34.8 Å². The SMILES string of the molecule is CC(=O)c1ccc(Nc2nc(N3CCC[C@@H](NC(=O)c4ccc(C(C)(C)C)cc4)C3)nn3ccnc23)cc1. The summed E-state index contributed by atoms with van der Waals surface area (Å²) in [5, 5.41) is 11.2. The number of rotatable bonds is 6. The van der Waals surface area contributed by atoms with Crippen LogP contribution in [-0.2, 0) is 5.41 Å². The van der Waals surface area contributed by atoms with Gasteiger partial charge in [-0.05, 0) is 67.1 Å². The first-order chi connectivity index (χ1) is 18.2. The van der Waals surface area contributed by atoms with Gasteiger partial charge in [-0.3, -0.25) is 9.59 Å². The van der Waals surface area contributed by atoms with Gasteiger partial charge >= 0.3 is 0 Å². The molecule has 38 heavy (non-hydrogen) atoms. The van der Waals surface area contributed by atoms with E-state index >= 15 is 0 Å². The molecule has 1 atom stereocenters. The lowest BCUT2D eigenvalue weighted by molar-refractivity contribution is 0.0932. The van der Waals surface area contributed by atoms with E-state index in [0.29, 0.717) is 35.1 Å². The highest BCUT2D eigenvalue weighted by molar-refractivity contribution is 5.95. The molecule has 4 aromatic rings. The predicted molar refractivity (Wildman–Crippen MR) is 148 cm³/mol. The monoisotopic (exact) mass is 511 g/mol. The summed E-state index contributed by atoms with van der Waals surface area (Å²) >= 11 is 0. The molecule has 196 valence electrons. The van der Waals surface area contributed by atoms with Crippen LogP contribution >= 0.6 is 0 Å². The Kier molecular flexibility index (Phi) is 6.84. The van der Waals surface area contributed by atoms with Crippen LogP contribution in [0.1, 0.15) is 66.8 Å². The largest absolute Gasteiger partial charge is 0.348 e. The smallest absolute Gasteiger partial charge is 0.251 e. The first kappa shape index (κ1) is 25.4. The first-order valence-corrected chi connectivity index (χ1v) is 12.9. The molecule has 0 bridgehead atoms. The number of hydrogen-bond acceptors (Lipinski definition) is 7. The van der Waals surface area contributed by atoms with Crippen molar-refractivity contribution in [2.24, 2.45) is 0 Å². The van der Waals surface area contributed by atoms with Crippen LogP contribution in [0, 0.1) is 0 Å². The highest BCUT2D eigenvalue weighted by atomic mass is 16.1. The van der Waals surface area contributed by atoms with E-state index in [1.54, 1.807) is 36.0 Å². The maximum Gasteiger partial charge on any atom is 0.251 e. The van der Waals surface area contributed by atoms with E-state index in [9.17, 15) is 9.59 Å². The highest BCUT2D eigenvalue weighted by Gasteiger charge is 2.25. The van der Waals surface area contributed by atoms with E-state index in [-0.39, 0.29) is 23.1 Å². The number of nitrogens with zero attached hydrogens (tertiary/aromatic N) is 5.